The van der Waals surface area contributed by atoms with Gasteiger partial charge in [0.2, 0.25) is 10.0 Å². The minimum absolute atomic E-state index is 0.145. The third-order valence-electron chi connectivity index (χ3n) is 2.62. The Morgan fingerprint density at radius 3 is 2.63 bits per heavy atom. The van der Waals surface area contributed by atoms with E-state index in [0.29, 0.717) is 11.8 Å². The fourth-order valence-electron chi connectivity index (χ4n) is 1.70. The van der Waals surface area contributed by atoms with Crippen molar-refractivity contribution < 1.29 is 8.42 Å². The molecule has 102 valence electrons. The topological polar surface area (TPSA) is 74.8 Å². The summed E-state index contributed by atoms with van der Waals surface area (Å²) < 4.78 is 26.8. The lowest BCUT2D eigenvalue weighted by molar-refractivity contribution is 0.562. The van der Waals surface area contributed by atoms with Crippen molar-refractivity contribution in [3.05, 3.63) is 48.3 Å². The van der Waals surface area contributed by atoms with Crippen molar-refractivity contribution in [2.75, 3.05) is 5.33 Å². The third-order valence-corrected chi connectivity index (χ3v) is 4.89. The molecular weight excluding hydrogens is 330 g/mol. The van der Waals surface area contributed by atoms with Gasteiger partial charge in [-0.15, -0.1) is 0 Å². The van der Waals surface area contributed by atoms with Crippen LogP contribution in [0.15, 0.2) is 47.6 Å². The van der Waals surface area contributed by atoms with Gasteiger partial charge in [0.15, 0.2) is 0 Å². The summed E-state index contributed by atoms with van der Waals surface area (Å²) in [7, 11) is -3.52. The van der Waals surface area contributed by atoms with Gasteiger partial charge in [-0.3, -0.25) is 5.10 Å². The van der Waals surface area contributed by atoms with Gasteiger partial charge in [-0.2, -0.15) is 5.10 Å². The largest absolute Gasteiger partial charge is 0.284 e. The maximum absolute atomic E-state index is 12.1. The first kappa shape index (κ1) is 14.2. The van der Waals surface area contributed by atoms with Gasteiger partial charge in [0, 0.05) is 17.6 Å². The van der Waals surface area contributed by atoms with Gasteiger partial charge >= 0.3 is 0 Å². The Morgan fingerprint density at radius 2 is 2.05 bits per heavy atom. The highest BCUT2D eigenvalue weighted by molar-refractivity contribution is 9.09. The Morgan fingerprint density at radius 1 is 1.32 bits per heavy atom. The molecule has 5 nitrogen and oxygen atoms in total. The Hall–Kier alpha value is -1.18. The first-order valence-electron chi connectivity index (χ1n) is 5.73. The van der Waals surface area contributed by atoms with E-state index >= 15 is 0 Å². The van der Waals surface area contributed by atoms with Gasteiger partial charge in [0.05, 0.1) is 6.20 Å². The van der Waals surface area contributed by atoms with Gasteiger partial charge in [0.25, 0.3) is 0 Å². The summed E-state index contributed by atoms with van der Waals surface area (Å²) in [6.45, 7) is 0. The van der Waals surface area contributed by atoms with Crippen LogP contribution in [0, 0.1) is 0 Å². The molecule has 2 rings (SSSR count). The van der Waals surface area contributed by atoms with E-state index in [1.165, 1.54) is 12.4 Å². The van der Waals surface area contributed by atoms with Crippen molar-refractivity contribution in [3.8, 4) is 0 Å². The van der Waals surface area contributed by atoms with E-state index in [4.69, 9.17) is 0 Å². The molecule has 0 aliphatic heterocycles. The highest BCUT2D eigenvalue weighted by atomic mass is 79.9. The van der Waals surface area contributed by atoms with Crippen LogP contribution < -0.4 is 4.72 Å². The lowest BCUT2D eigenvalue weighted by Crippen LogP contribution is -2.37. The average Bonchev–Trinajstić information content (AvgIpc) is 2.93. The van der Waals surface area contributed by atoms with Crippen LogP contribution in [0.3, 0.4) is 0 Å². The molecule has 0 amide bonds. The maximum Gasteiger partial charge on any atom is 0.243 e. The van der Waals surface area contributed by atoms with Crippen LogP contribution >= 0.6 is 15.9 Å². The van der Waals surface area contributed by atoms with Crippen molar-refractivity contribution in [3.63, 3.8) is 0 Å². The van der Waals surface area contributed by atoms with Crippen LogP contribution in [0.5, 0.6) is 0 Å². The van der Waals surface area contributed by atoms with Crippen molar-refractivity contribution in [2.45, 2.75) is 17.4 Å². The molecule has 0 spiro atoms. The lowest BCUT2D eigenvalue weighted by atomic mass is 10.1. The number of hydrogen-bond donors (Lipinski definition) is 2. The molecular formula is C12H14BrN3O2S. The predicted molar refractivity (Wildman–Crippen MR) is 76.6 cm³/mol. The second-order valence-electron chi connectivity index (χ2n) is 4.10. The van der Waals surface area contributed by atoms with Crippen LogP contribution in [0.1, 0.15) is 5.56 Å². The predicted octanol–water partition coefficient (Wildman–Crippen LogP) is 1.69. The standard InChI is InChI=1S/C12H14BrN3O2S/c13-7-11(6-10-4-2-1-3-5-10)16-19(17,18)12-8-14-15-9-12/h1-5,8-9,11,16H,6-7H2,(H,14,15). The van der Waals surface area contributed by atoms with E-state index in [-0.39, 0.29) is 10.9 Å². The Balaban J connectivity index is 2.08. The minimum atomic E-state index is -3.52. The Bertz CT molecular complexity index is 599. The third kappa shape index (κ3) is 3.89. The van der Waals surface area contributed by atoms with Crippen molar-refractivity contribution in [1.29, 1.82) is 0 Å². The molecule has 2 N–H and O–H groups in total. The second-order valence-corrected chi connectivity index (χ2v) is 6.46. The smallest absolute Gasteiger partial charge is 0.243 e. The molecule has 7 heteroatoms. The summed E-state index contributed by atoms with van der Waals surface area (Å²) in [5.41, 5.74) is 1.09. The molecule has 0 aliphatic rings. The quantitative estimate of drug-likeness (QED) is 0.783. The number of nitrogens with one attached hydrogen (secondary N) is 2. The number of H-pyrrole nitrogens is 1. The molecule has 0 radical (unpaired) electrons. The number of nitrogens with zero attached hydrogens (tertiary/aromatic N) is 1. The summed E-state index contributed by atoms with van der Waals surface area (Å²) in [5.74, 6) is 0. The minimum Gasteiger partial charge on any atom is -0.284 e. The van der Waals surface area contributed by atoms with E-state index in [9.17, 15) is 8.42 Å². The monoisotopic (exact) mass is 343 g/mol. The maximum atomic E-state index is 12.1. The lowest BCUT2D eigenvalue weighted by Gasteiger charge is -2.15. The SMILES string of the molecule is O=S(=O)(NC(CBr)Cc1ccccc1)c1cn[nH]c1. The van der Waals surface area contributed by atoms with Crippen LogP contribution in [0.2, 0.25) is 0 Å². The van der Waals surface area contributed by atoms with E-state index in [1.807, 2.05) is 30.3 Å². The van der Waals surface area contributed by atoms with E-state index < -0.39 is 10.0 Å². The molecule has 0 bridgehead atoms. The molecule has 1 unspecified atom stereocenters. The second kappa shape index (κ2) is 6.31. The average molecular weight is 344 g/mol. The molecule has 1 aromatic heterocycles. The molecule has 1 heterocycles. The van der Waals surface area contributed by atoms with Crippen LogP contribution in [0.4, 0.5) is 0 Å². The number of aromatic amines is 1. The number of sulfonamides is 1. The normalized spacial score (nSPS) is 13.3. The van der Waals surface area contributed by atoms with Crippen molar-refractivity contribution in [2.24, 2.45) is 0 Å². The van der Waals surface area contributed by atoms with E-state index in [0.717, 1.165) is 5.56 Å². The Labute approximate surface area is 120 Å². The highest BCUT2D eigenvalue weighted by Crippen LogP contribution is 2.10. The van der Waals surface area contributed by atoms with Crippen LogP contribution in [-0.2, 0) is 16.4 Å². The van der Waals surface area contributed by atoms with Gasteiger partial charge in [0.1, 0.15) is 4.90 Å². The Kier molecular flexibility index (Phi) is 4.73. The molecule has 0 fully saturated rings. The van der Waals surface area contributed by atoms with E-state index in [2.05, 4.69) is 30.8 Å². The fourth-order valence-corrected chi connectivity index (χ4v) is 3.45. The van der Waals surface area contributed by atoms with Gasteiger partial charge in [-0.05, 0) is 12.0 Å². The number of alkyl halides is 1. The highest BCUT2D eigenvalue weighted by Gasteiger charge is 2.20. The van der Waals surface area contributed by atoms with Gasteiger partial charge in [-0.1, -0.05) is 46.3 Å². The summed E-state index contributed by atoms with van der Waals surface area (Å²) in [6, 6.07) is 9.55. The molecule has 19 heavy (non-hydrogen) atoms. The number of hydrogen-bond acceptors (Lipinski definition) is 3. The molecule has 1 atom stereocenters. The van der Waals surface area contributed by atoms with Crippen LogP contribution in [0.25, 0.3) is 0 Å². The summed E-state index contributed by atoms with van der Waals surface area (Å²) in [5, 5.41) is 6.69. The summed E-state index contributed by atoms with van der Waals surface area (Å²) in [4.78, 5) is 0.145. The number of aromatic nitrogens is 2. The zero-order valence-corrected chi connectivity index (χ0v) is 12.5. The van der Waals surface area contributed by atoms with Gasteiger partial charge < -0.3 is 0 Å². The number of rotatable bonds is 6. The van der Waals surface area contributed by atoms with Crippen LogP contribution in [-0.4, -0.2) is 30.0 Å². The van der Waals surface area contributed by atoms with Crippen molar-refractivity contribution in [1.82, 2.24) is 14.9 Å². The van der Waals surface area contributed by atoms with Crippen molar-refractivity contribution >= 4 is 26.0 Å². The summed E-state index contributed by atoms with van der Waals surface area (Å²) in [6.07, 6.45) is 3.27. The zero-order valence-electron chi connectivity index (χ0n) is 10.1. The molecule has 2 aromatic rings. The molecule has 1 aromatic carbocycles. The summed E-state index contributed by atoms with van der Waals surface area (Å²) >= 11 is 3.34. The first-order valence-corrected chi connectivity index (χ1v) is 8.33. The van der Waals surface area contributed by atoms with E-state index in [1.54, 1.807) is 0 Å². The first-order chi connectivity index (χ1) is 9.12. The fraction of sp³-hybridized carbons (Fsp3) is 0.250. The molecule has 0 aliphatic carbocycles. The molecule has 0 saturated heterocycles. The molecule has 0 saturated carbocycles. The number of benzene rings is 1. The number of halogens is 1. The van der Waals surface area contributed by atoms with Gasteiger partial charge in [-0.25, -0.2) is 13.1 Å². The zero-order chi connectivity index (χ0) is 13.7.